The van der Waals surface area contributed by atoms with Crippen molar-refractivity contribution in [1.82, 2.24) is 20.6 Å². The van der Waals surface area contributed by atoms with Crippen LogP contribution in [0, 0.1) is 0 Å². The van der Waals surface area contributed by atoms with E-state index in [-0.39, 0.29) is 17.5 Å². The Balaban J connectivity index is 1.91. The molecule has 2 rings (SSSR count). The quantitative estimate of drug-likeness (QED) is 0.672. The molecule has 0 bridgehead atoms. The summed E-state index contributed by atoms with van der Waals surface area (Å²) in [5.41, 5.74) is 0. The molecule has 0 aromatic carbocycles. The highest BCUT2D eigenvalue weighted by atomic mass is 32.2. The minimum atomic E-state index is -2.80. The van der Waals surface area contributed by atoms with E-state index >= 15 is 0 Å². The predicted octanol–water partition coefficient (Wildman–Crippen LogP) is -0.811. The first-order valence-electron chi connectivity index (χ1n) is 4.36. The topological polar surface area (TPSA) is 101 Å². The molecule has 0 unspecified atom stereocenters. The summed E-state index contributed by atoms with van der Waals surface area (Å²) in [6.45, 7) is 0. The highest BCUT2D eigenvalue weighted by molar-refractivity contribution is 7.91. The molecule has 8 heteroatoms. The number of hydrogen-bond acceptors (Lipinski definition) is 6. The summed E-state index contributed by atoms with van der Waals surface area (Å²) >= 11 is 0. The summed E-state index contributed by atoms with van der Waals surface area (Å²) in [7, 11) is -2.80. The van der Waals surface area contributed by atoms with Gasteiger partial charge in [-0.05, 0) is 18.1 Å². The van der Waals surface area contributed by atoms with Crippen LogP contribution in [0.4, 0.5) is 5.95 Å². The fourth-order valence-electron chi connectivity index (χ4n) is 1.44. The van der Waals surface area contributed by atoms with Gasteiger partial charge >= 0.3 is 0 Å². The Kier molecular flexibility index (Phi) is 2.36. The molecule has 2 heterocycles. The third-order valence-electron chi connectivity index (χ3n) is 2.23. The van der Waals surface area contributed by atoms with Gasteiger partial charge in [0.05, 0.1) is 11.5 Å². The van der Waals surface area contributed by atoms with Gasteiger partial charge in [0, 0.05) is 6.04 Å². The first-order chi connectivity index (χ1) is 6.66. The van der Waals surface area contributed by atoms with Crippen molar-refractivity contribution in [2.75, 3.05) is 16.8 Å². The summed E-state index contributed by atoms with van der Waals surface area (Å²) in [6.07, 6.45) is 1.22. The van der Waals surface area contributed by atoms with Crippen LogP contribution in [0.15, 0.2) is 0 Å². The number of hydrogen-bond donors (Lipinski definition) is 2. The second kappa shape index (κ2) is 3.52. The number of aromatic nitrogens is 4. The molecule has 1 saturated heterocycles. The average molecular weight is 217 g/mol. The molecular formula is C6H11N5O2S. The number of nitrogens with one attached hydrogen (secondary N) is 2. The van der Waals surface area contributed by atoms with Crippen molar-refractivity contribution < 1.29 is 8.42 Å². The molecule has 0 radical (unpaired) electrons. The number of H-pyrrole nitrogens is 1. The van der Waals surface area contributed by atoms with Crippen LogP contribution < -0.4 is 5.32 Å². The van der Waals surface area contributed by atoms with Crippen molar-refractivity contribution in [2.45, 2.75) is 18.9 Å². The lowest BCUT2D eigenvalue weighted by atomic mass is 10.2. The van der Waals surface area contributed by atoms with Gasteiger partial charge in [-0.25, -0.2) is 8.42 Å². The highest BCUT2D eigenvalue weighted by Gasteiger charge is 2.23. The lowest BCUT2D eigenvalue weighted by Gasteiger charge is -2.21. The van der Waals surface area contributed by atoms with E-state index in [0.29, 0.717) is 18.8 Å². The van der Waals surface area contributed by atoms with Crippen LogP contribution in [0.1, 0.15) is 12.8 Å². The van der Waals surface area contributed by atoms with Crippen LogP contribution in [-0.4, -0.2) is 46.6 Å². The van der Waals surface area contributed by atoms with Gasteiger partial charge in [0.1, 0.15) is 9.84 Å². The Morgan fingerprint density at radius 3 is 2.64 bits per heavy atom. The molecule has 0 atom stereocenters. The average Bonchev–Trinajstić information content (AvgIpc) is 2.61. The minimum absolute atomic E-state index is 0.135. The Morgan fingerprint density at radius 1 is 1.36 bits per heavy atom. The molecular weight excluding hydrogens is 206 g/mol. The van der Waals surface area contributed by atoms with Crippen molar-refractivity contribution >= 4 is 15.8 Å². The third kappa shape index (κ3) is 2.19. The highest BCUT2D eigenvalue weighted by Crippen LogP contribution is 2.14. The van der Waals surface area contributed by atoms with Crippen molar-refractivity contribution in [3.63, 3.8) is 0 Å². The Labute approximate surface area is 81.2 Å². The number of tetrazole rings is 1. The fourth-order valence-corrected chi connectivity index (χ4v) is 2.93. The second-order valence-electron chi connectivity index (χ2n) is 3.31. The zero-order chi connectivity index (χ0) is 10.0. The van der Waals surface area contributed by atoms with Gasteiger partial charge in [-0.2, -0.15) is 5.21 Å². The van der Waals surface area contributed by atoms with E-state index in [0.717, 1.165) is 0 Å². The normalized spacial score (nSPS) is 22.0. The summed E-state index contributed by atoms with van der Waals surface area (Å²) in [5.74, 6) is 0.902. The van der Waals surface area contributed by atoms with Gasteiger partial charge in [-0.15, -0.1) is 5.10 Å². The second-order valence-corrected chi connectivity index (χ2v) is 5.61. The lowest BCUT2D eigenvalue weighted by molar-refractivity contribution is 0.558. The predicted molar refractivity (Wildman–Crippen MR) is 49.5 cm³/mol. The van der Waals surface area contributed by atoms with Gasteiger partial charge in [-0.1, -0.05) is 5.10 Å². The monoisotopic (exact) mass is 217 g/mol. The molecule has 78 valence electrons. The molecule has 0 spiro atoms. The van der Waals surface area contributed by atoms with Gasteiger partial charge in [0.2, 0.25) is 0 Å². The Hall–Kier alpha value is -1.18. The first kappa shape index (κ1) is 9.38. The van der Waals surface area contributed by atoms with Crippen LogP contribution in [0.5, 0.6) is 0 Å². The van der Waals surface area contributed by atoms with E-state index in [1.807, 2.05) is 0 Å². The zero-order valence-corrected chi connectivity index (χ0v) is 8.29. The zero-order valence-electron chi connectivity index (χ0n) is 7.47. The SMILES string of the molecule is O=S1(=O)CCC(Nc2nn[nH]n2)CC1. The van der Waals surface area contributed by atoms with Gasteiger partial charge in [0.15, 0.2) is 0 Å². The van der Waals surface area contributed by atoms with Crippen molar-refractivity contribution in [3.8, 4) is 0 Å². The van der Waals surface area contributed by atoms with E-state index in [9.17, 15) is 8.42 Å². The number of aromatic amines is 1. The lowest BCUT2D eigenvalue weighted by Crippen LogP contribution is -2.32. The molecule has 1 aliphatic rings. The van der Waals surface area contributed by atoms with Gasteiger partial charge in [0.25, 0.3) is 5.95 Å². The summed E-state index contributed by atoms with van der Waals surface area (Å²) in [4.78, 5) is 0. The molecule has 0 aliphatic carbocycles. The molecule has 7 nitrogen and oxygen atoms in total. The maximum Gasteiger partial charge on any atom is 0.263 e. The summed E-state index contributed by atoms with van der Waals surface area (Å²) in [6, 6.07) is 0.135. The first-order valence-corrected chi connectivity index (χ1v) is 6.18. The van der Waals surface area contributed by atoms with E-state index in [2.05, 4.69) is 25.9 Å². The maximum atomic E-state index is 11.1. The maximum absolute atomic E-state index is 11.1. The third-order valence-corrected chi connectivity index (χ3v) is 3.95. The molecule has 1 aromatic heterocycles. The minimum Gasteiger partial charge on any atom is -0.349 e. The number of anilines is 1. The Bertz CT molecular complexity index is 372. The van der Waals surface area contributed by atoms with Crippen LogP contribution in [0.2, 0.25) is 0 Å². The van der Waals surface area contributed by atoms with Gasteiger partial charge < -0.3 is 5.32 Å². The van der Waals surface area contributed by atoms with E-state index in [1.165, 1.54) is 0 Å². The van der Waals surface area contributed by atoms with Crippen molar-refractivity contribution in [2.24, 2.45) is 0 Å². The van der Waals surface area contributed by atoms with Crippen LogP contribution in [-0.2, 0) is 9.84 Å². The fraction of sp³-hybridized carbons (Fsp3) is 0.833. The van der Waals surface area contributed by atoms with E-state index in [1.54, 1.807) is 0 Å². The number of sulfone groups is 1. The molecule has 14 heavy (non-hydrogen) atoms. The van der Waals surface area contributed by atoms with Crippen LogP contribution in [0.3, 0.4) is 0 Å². The van der Waals surface area contributed by atoms with Crippen molar-refractivity contribution in [1.29, 1.82) is 0 Å². The van der Waals surface area contributed by atoms with E-state index < -0.39 is 9.84 Å². The molecule has 1 fully saturated rings. The molecule has 1 aliphatic heterocycles. The van der Waals surface area contributed by atoms with E-state index in [4.69, 9.17) is 0 Å². The molecule has 0 saturated carbocycles. The molecule has 1 aromatic rings. The molecule has 2 N–H and O–H groups in total. The van der Waals surface area contributed by atoms with Crippen LogP contribution >= 0.6 is 0 Å². The Morgan fingerprint density at radius 2 is 2.07 bits per heavy atom. The largest absolute Gasteiger partial charge is 0.349 e. The standard InChI is InChI=1S/C6H11N5O2S/c12-14(13)3-1-5(2-4-14)7-6-8-10-11-9-6/h5H,1-4H2,(H2,7,8,9,10,11). The summed E-state index contributed by atoms with van der Waals surface area (Å²) < 4.78 is 22.2. The van der Waals surface area contributed by atoms with Crippen LogP contribution in [0.25, 0.3) is 0 Å². The number of nitrogens with zero attached hydrogens (tertiary/aromatic N) is 3. The summed E-state index contributed by atoms with van der Waals surface area (Å²) in [5, 5.41) is 16.2. The molecule has 0 amide bonds. The van der Waals surface area contributed by atoms with Gasteiger partial charge in [-0.3, -0.25) is 0 Å². The number of rotatable bonds is 2. The van der Waals surface area contributed by atoms with Crippen molar-refractivity contribution in [3.05, 3.63) is 0 Å². The smallest absolute Gasteiger partial charge is 0.263 e.